The average Bonchev–Trinajstić information content (AvgIpc) is 3.01. The molecule has 0 unspecified atom stereocenters. The molecule has 0 spiro atoms. The lowest BCUT2D eigenvalue weighted by Gasteiger charge is -2.33. The molecule has 6 nitrogen and oxygen atoms in total. The monoisotopic (exact) mass is 289 g/mol. The molecule has 3 rings (SSSR count). The molecular formula is C15H23N5O. The van der Waals surface area contributed by atoms with Gasteiger partial charge in [0.1, 0.15) is 0 Å². The van der Waals surface area contributed by atoms with Crippen molar-refractivity contribution < 1.29 is 4.79 Å². The third-order valence-corrected chi connectivity index (χ3v) is 4.28. The highest BCUT2D eigenvalue weighted by Crippen LogP contribution is 2.18. The first-order valence-corrected chi connectivity index (χ1v) is 7.90. The number of anilines is 1. The first kappa shape index (κ1) is 14.1. The van der Waals surface area contributed by atoms with Gasteiger partial charge in [0.2, 0.25) is 5.95 Å². The Hall–Kier alpha value is -1.85. The van der Waals surface area contributed by atoms with Crippen molar-refractivity contribution >= 4 is 12.0 Å². The Bertz CT molecular complexity index is 460. The van der Waals surface area contributed by atoms with E-state index in [1.54, 1.807) is 12.4 Å². The summed E-state index contributed by atoms with van der Waals surface area (Å²) in [6.07, 6.45) is 10.3. The van der Waals surface area contributed by atoms with E-state index in [2.05, 4.69) is 25.5 Å². The topological polar surface area (TPSA) is 70.2 Å². The van der Waals surface area contributed by atoms with E-state index < -0.39 is 0 Å². The fourth-order valence-electron chi connectivity index (χ4n) is 3.21. The minimum absolute atomic E-state index is 0.0252. The lowest BCUT2D eigenvalue weighted by atomic mass is 10.1. The molecule has 1 saturated heterocycles. The fraction of sp³-hybridized carbons (Fsp3) is 0.667. The summed E-state index contributed by atoms with van der Waals surface area (Å²) in [6, 6.07) is 2.33. The fourth-order valence-corrected chi connectivity index (χ4v) is 3.21. The van der Waals surface area contributed by atoms with Crippen LogP contribution >= 0.6 is 0 Å². The number of carbonyl (C=O) groups is 1. The zero-order valence-electron chi connectivity index (χ0n) is 12.3. The van der Waals surface area contributed by atoms with Crippen LogP contribution in [0, 0.1) is 0 Å². The first-order chi connectivity index (χ1) is 10.3. The summed E-state index contributed by atoms with van der Waals surface area (Å²) in [6.45, 7) is 1.73. The van der Waals surface area contributed by atoms with Crippen LogP contribution < -0.4 is 15.5 Å². The Morgan fingerprint density at radius 2 is 1.71 bits per heavy atom. The van der Waals surface area contributed by atoms with Crippen LogP contribution in [-0.2, 0) is 0 Å². The van der Waals surface area contributed by atoms with Crippen LogP contribution in [0.25, 0.3) is 0 Å². The van der Waals surface area contributed by atoms with E-state index in [0.717, 1.165) is 44.7 Å². The highest BCUT2D eigenvalue weighted by molar-refractivity contribution is 5.74. The number of carbonyl (C=O) groups excluding carboxylic acids is 1. The number of piperidine rings is 1. The second-order valence-electron chi connectivity index (χ2n) is 5.93. The summed E-state index contributed by atoms with van der Waals surface area (Å²) in [4.78, 5) is 22.8. The van der Waals surface area contributed by atoms with Crippen molar-refractivity contribution in [3.63, 3.8) is 0 Å². The van der Waals surface area contributed by atoms with Gasteiger partial charge >= 0.3 is 6.03 Å². The van der Waals surface area contributed by atoms with Gasteiger partial charge in [-0.2, -0.15) is 0 Å². The van der Waals surface area contributed by atoms with Gasteiger partial charge in [0, 0.05) is 37.6 Å². The van der Waals surface area contributed by atoms with Gasteiger partial charge in [0.15, 0.2) is 0 Å². The Balaban J connectivity index is 1.50. The van der Waals surface area contributed by atoms with Crippen LogP contribution in [0.1, 0.15) is 38.5 Å². The Kier molecular flexibility index (Phi) is 4.52. The average molecular weight is 289 g/mol. The van der Waals surface area contributed by atoms with E-state index in [1.807, 2.05) is 6.07 Å². The maximum atomic E-state index is 12.0. The number of urea groups is 1. The molecule has 1 saturated carbocycles. The molecule has 1 atom stereocenters. The summed E-state index contributed by atoms with van der Waals surface area (Å²) >= 11 is 0. The summed E-state index contributed by atoms with van der Waals surface area (Å²) in [7, 11) is 0. The molecule has 21 heavy (non-hydrogen) atoms. The number of amides is 2. The lowest BCUT2D eigenvalue weighted by molar-refractivity contribution is 0.231. The highest BCUT2D eigenvalue weighted by Gasteiger charge is 2.24. The van der Waals surface area contributed by atoms with E-state index in [1.165, 1.54) is 12.8 Å². The molecule has 1 aromatic heterocycles. The van der Waals surface area contributed by atoms with Crippen LogP contribution in [-0.4, -0.2) is 41.2 Å². The first-order valence-electron chi connectivity index (χ1n) is 7.90. The molecule has 1 aliphatic heterocycles. The minimum Gasteiger partial charge on any atom is -0.339 e. The smallest absolute Gasteiger partial charge is 0.315 e. The minimum atomic E-state index is -0.0252. The van der Waals surface area contributed by atoms with Gasteiger partial charge in [0.25, 0.3) is 0 Å². The van der Waals surface area contributed by atoms with Crippen molar-refractivity contribution in [1.29, 1.82) is 0 Å². The normalized spacial score (nSPS) is 23.0. The Labute approximate surface area is 125 Å². The Morgan fingerprint density at radius 1 is 1.05 bits per heavy atom. The highest BCUT2D eigenvalue weighted by atomic mass is 16.2. The van der Waals surface area contributed by atoms with Crippen LogP contribution in [0.4, 0.5) is 10.7 Å². The Morgan fingerprint density at radius 3 is 2.48 bits per heavy atom. The van der Waals surface area contributed by atoms with Crippen LogP contribution in [0.2, 0.25) is 0 Å². The molecule has 2 N–H and O–H groups in total. The second kappa shape index (κ2) is 6.74. The van der Waals surface area contributed by atoms with E-state index in [9.17, 15) is 4.79 Å². The van der Waals surface area contributed by atoms with Crippen molar-refractivity contribution in [3.05, 3.63) is 18.5 Å². The zero-order valence-corrected chi connectivity index (χ0v) is 12.3. The van der Waals surface area contributed by atoms with Gasteiger partial charge in [-0.05, 0) is 31.7 Å². The zero-order chi connectivity index (χ0) is 14.5. The number of rotatable bonds is 3. The number of hydrogen-bond acceptors (Lipinski definition) is 4. The quantitative estimate of drug-likeness (QED) is 0.888. The van der Waals surface area contributed by atoms with Gasteiger partial charge in [-0.25, -0.2) is 14.8 Å². The maximum Gasteiger partial charge on any atom is 0.315 e. The van der Waals surface area contributed by atoms with Gasteiger partial charge < -0.3 is 15.5 Å². The maximum absolute atomic E-state index is 12.0. The van der Waals surface area contributed by atoms with Crippen LogP contribution in [0.15, 0.2) is 18.5 Å². The molecule has 0 aromatic carbocycles. The number of nitrogens with one attached hydrogen (secondary N) is 2. The van der Waals surface area contributed by atoms with E-state index in [-0.39, 0.29) is 12.1 Å². The van der Waals surface area contributed by atoms with Gasteiger partial charge in [-0.1, -0.05) is 12.8 Å². The molecule has 2 amide bonds. The van der Waals surface area contributed by atoms with E-state index in [4.69, 9.17) is 0 Å². The number of aromatic nitrogens is 2. The molecule has 2 fully saturated rings. The molecule has 6 heteroatoms. The standard InChI is InChI=1S/C15H23N5O/c21-15(18-12-5-1-2-6-12)19-13-7-3-10-20(11-13)14-16-8-4-9-17-14/h4,8-9,12-13H,1-3,5-7,10-11H2,(H2,18,19,21)/t13-/m1/s1. The van der Waals surface area contributed by atoms with Gasteiger partial charge in [0.05, 0.1) is 0 Å². The van der Waals surface area contributed by atoms with E-state index >= 15 is 0 Å². The van der Waals surface area contributed by atoms with Crippen molar-refractivity contribution in [3.8, 4) is 0 Å². The molecule has 0 bridgehead atoms. The second-order valence-corrected chi connectivity index (χ2v) is 5.93. The molecule has 1 aliphatic carbocycles. The van der Waals surface area contributed by atoms with Crippen molar-refractivity contribution in [2.75, 3.05) is 18.0 Å². The van der Waals surface area contributed by atoms with Gasteiger partial charge in [-0.3, -0.25) is 0 Å². The summed E-state index contributed by atoms with van der Waals surface area (Å²) in [5.41, 5.74) is 0. The summed E-state index contributed by atoms with van der Waals surface area (Å²) in [5.74, 6) is 0.750. The predicted octanol–water partition coefficient (Wildman–Crippen LogP) is 1.69. The molecule has 2 heterocycles. The number of nitrogens with zero attached hydrogens (tertiary/aromatic N) is 3. The summed E-state index contributed by atoms with van der Waals surface area (Å²) < 4.78 is 0. The molecule has 2 aliphatic rings. The third kappa shape index (κ3) is 3.83. The SMILES string of the molecule is O=C(NC1CCCC1)N[C@@H]1CCCN(c2ncccn2)C1. The third-order valence-electron chi connectivity index (χ3n) is 4.28. The van der Waals surface area contributed by atoms with Crippen molar-refractivity contribution in [2.45, 2.75) is 50.6 Å². The van der Waals surface area contributed by atoms with Crippen LogP contribution in [0.5, 0.6) is 0 Å². The van der Waals surface area contributed by atoms with Gasteiger partial charge in [-0.15, -0.1) is 0 Å². The molecule has 0 radical (unpaired) electrons. The van der Waals surface area contributed by atoms with E-state index in [0.29, 0.717) is 6.04 Å². The lowest BCUT2D eigenvalue weighted by Crippen LogP contribution is -2.52. The predicted molar refractivity (Wildman–Crippen MR) is 81.2 cm³/mol. The summed E-state index contributed by atoms with van der Waals surface area (Å²) in [5, 5.41) is 6.18. The van der Waals surface area contributed by atoms with Crippen LogP contribution in [0.3, 0.4) is 0 Å². The largest absolute Gasteiger partial charge is 0.339 e. The molecule has 114 valence electrons. The van der Waals surface area contributed by atoms with Crippen molar-refractivity contribution in [1.82, 2.24) is 20.6 Å². The molecular weight excluding hydrogens is 266 g/mol. The molecule has 1 aromatic rings. The van der Waals surface area contributed by atoms with Crippen molar-refractivity contribution in [2.24, 2.45) is 0 Å². The number of hydrogen-bond donors (Lipinski definition) is 2.